The number of alkyl halides is 3. The lowest BCUT2D eigenvalue weighted by Gasteiger charge is -2.38. The average molecular weight is 449 g/mol. The van der Waals surface area contributed by atoms with Crippen LogP contribution in [-0.2, 0) is 9.53 Å². The van der Waals surface area contributed by atoms with E-state index in [1.807, 2.05) is 18.7 Å². The number of methoxy groups -OCH3 is 1. The topological polar surface area (TPSA) is 96.1 Å². The molecule has 3 rings (SSSR count). The van der Waals surface area contributed by atoms with Crippen LogP contribution in [0, 0.1) is 13.8 Å². The van der Waals surface area contributed by atoms with Crippen LogP contribution in [0.4, 0.5) is 13.2 Å². The van der Waals surface area contributed by atoms with Crippen molar-refractivity contribution in [2.45, 2.75) is 57.7 Å². The molecule has 2 aliphatic rings. The molecule has 11 heteroatoms. The first-order valence-corrected chi connectivity index (χ1v) is 10.3. The molecule has 3 heterocycles. The SMILES string of the molecule is COCCN1CCCC12CCCN(C(=O)c1c(C)noc1C)CC2.O=C(O)C(F)(F)F. The standard InChI is InChI=1S/C18H29N3O3.C2HF3O2/c1-14-16(15(2)24-19-14)17(22)20-9-4-6-18(8-11-20)7-5-10-21(18)12-13-23-3;3-2(4,5)1(6)7/h4-13H2,1-3H3;(H,6,7). The molecule has 8 nitrogen and oxygen atoms in total. The summed E-state index contributed by atoms with van der Waals surface area (Å²) in [7, 11) is 1.76. The molecule has 2 aliphatic heterocycles. The van der Waals surface area contributed by atoms with Crippen LogP contribution in [-0.4, -0.2) is 83.6 Å². The summed E-state index contributed by atoms with van der Waals surface area (Å²) in [4.78, 5) is 26.4. The van der Waals surface area contributed by atoms with Gasteiger partial charge in [-0.15, -0.1) is 0 Å². The third kappa shape index (κ3) is 6.19. The maximum atomic E-state index is 12.9. The number of likely N-dealkylation sites (tertiary alicyclic amines) is 2. The number of hydrogen-bond donors (Lipinski definition) is 1. The lowest BCUT2D eigenvalue weighted by Crippen LogP contribution is -2.46. The van der Waals surface area contributed by atoms with E-state index >= 15 is 0 Å². The van der Waals surface area contributed by atoms with Crippen LogP contribution in [0.3, 0.4) is 0 Å². The van der Waals surface area contributed by atoms with Crippen molar-refractivity contribution >= 4 is 11.9 Å². The van der Waals surface area contributed by atoms with E-state index in [2.05, 4.69) is 10.1 Å². The van der Waals surface area contributed by atoms with Crippen molar-refractivity contribution in [3.63, 3.8) is 0 Å². The summed E-state index contributed by atoms with van der Waals surface area (Å²) >= 11 is 0. The number of aliphatic carboxylic acids is 1. The zero-order valence-corrected chi connectivity index (χ0v) is 18.1. The van der Waals surface area contributed by atoms with Crippen LogP contribution < -0.4 is 0 Å². The van der Waals surface area contributed by atoms with Crippen molar-refractivity contribution in [2.75, 3.05) is 39.9 Å². The molecule has 1 N–H and O–H groups in total. The lowest BCUT2D eigenvalue weighted by atomic mass is 9.88. The molecule has 1 aromatic heterocycles. The lowest BCUT2D eigenvalue weighted by molar-refractivity contribution is -0.192. The van der Waals surface area contributed by atoms with Gasteiger partial charge in [0, 0.05) is 32.3 Å². The van der Waals surface area contributed by atoms with Crippen LogP contribution in [0.2, 0.25) is 0 Å². The van der Waals surface area contributed by atoms with Crippen LogP contribution in [0.15, 0.2) is 4.52 Å². The van der Waals surface area contributed by atoms with Crippen molar-refractivity contribution in [3.8, 4) is 0 Å². The second kappa shape index (κ2) is 10.4. The van der Waals surface area contributed by atoms with Gasteiger partial charge in [0.2, 0.25) is 0 Å². The third-order valence-electron chi connectivity index (χ3n) is 6.00. The van der Waals surface area contributed by atoms with E-state index in [9.17, 15) is 18.0 Å². The van der Waals surface area contributed by atoms with Crippen LogP contribution >= 0.6 is 0 Å². The summed E-state index contributed by atoms with van der Waals surface area (Å²) in [6.07, 6.45) is 0.679. The van der Waals surface area contributed by atoms with Crippen LogP contribution in [0.25, 0.3) is 0 Å². The van der Waals surface area contributed by atoms with Crippen molar-refractivity contribution in [3.05, 3.63) is 17.0 Å². The summed E-state index contributed by atoms with van der Waals surface area (Å²) in [5.41, 5.74) is 1.60. The minimum atomic E-state index is -5.08. The summed E-state index contributed by atoms with van der Waals surface area (Å²) < 4.78 is 42.2. The van der Waals surface area contributed by atoms with E-state index in [-0.39, 0.29) is 11.4 Å². The van der Waals surface area contributed by atoms with E-state index in [4.69, 9.17) is 19.2 Å². The van der Waals surface area contributed by atoms with Gasteiger partial charge in [0.15, 0.2) is 0 Å². The molecular weight excluding hydrogens is 419 g/mol. The van der Waals surface area contributed by atoms with Crippen molar-refractivity contribution in [1.82, 2.24) is 15.0 Å². The molecule has 2 saturated heterocycles. The minimum absolute atomic E-state index is 0.0738. The summed E-state index contributed by atoms with van der Waals surface area (Å²) in [6, 6.07) is 0. The second-order valence-electron chi connectivity index (χ2n) is 7.96. The van der Waals surface area contributed by atoms with E-state index < -0.39 is 12.1 Å². The van der Waals surface area contributed by atoms with Crippen molar-refractivity contribution in [2.24, 2.45) is 0 Å². The Morgan fingerprint density at radius 3 is 2.29 bits per heavy atom. The number of aromatic nitrogens is 1. The molecular formula is C20H30F3N3O5. The van der Waals surface area contributed by atoms with E-state index in [1.54, 1.807) is 7.11 Å². The molecule has 0 aromatic carbocycles. The third-order valence-corrected chi connectivity index (χ3v) is 6.00. The van der Waals surface area contributed by atoms with Gasteiger partial charge in [-0.25, -0.2) is 4.79 Å². The molecule has 0 aliphatic carbocycles. The average Bonchev–Trinajstić information content (AvgIpc) is 3.15. The smallest absolute Gasteiger partial charge is 0.475 e. The molecule has 0 bridgehead atoms. The highest BCUT2D eigenvalue weighted by atomic mass is 19.4. The fourth-order valence-electron chi connectivity index (χ4n) is 4.44. The fraction of sp³-hybridized carbons (Fsp3) is 0.750. The zero-order valence-electron chi connectivity index (χ0n) is 18.1. The quantitative estimate of drug-likeness (QED) is 0.755. The maximum absolute atomic E-state index is 12.9. The number of carbonyl (C=O) groups excluding carboxylic acids is 1. The largest absolute Gasteiger partial charge is 0.490 e. The molecule has 2 fully saturated rings. The van der Waals surface area contributed by atoms with E-state index in [0.29, 0.717) is 17.0 Å². The Labute approximate surface area is 179 Å². The van der Waals surface area contributed by atoms with Gasteiger partial charge in [-0.05, 0) is 52.5 Å². The Bertz CT molecular complexity index is 748. The number of carbonyl (C=O) groups is 2. The van der Waals surface area contributed by atoms with Crippen molar-refractivity contribution in [1.29, 1.82) is 0 Å². The molecule has 176 valence electrons. The number of carboxylic acids is 1. The first-order valence-electron chi connectivity index (χ1n) is 10.3. The number of amides is 1. The summed E-state index contributed by atoms with van der Waals surface area (Å²) in [5, 5.41) is 11.1. The Hall–Kier alpha value is -2.14. The Morgan fingerprint density at radius 1 is 1.16 bits per heavy atom. The fourth-order valence-corrected chi connectivity index (χ4v) is 4.44. The van der Waals surface area contributed by atoms with Crippen molar-refractivity contribution < 1.29 is 37.1 Å². The minimum Gasteiger partial charge on any atom is -0.475 e. The highest BCUT2D eigenvalue weighted by Crippen LogP contribution is 2.38. The van der Waals surface area contributed by atoms with E-state index in [1.165, 1.54) is 19.3 Å². The monoisotopic (exact) mass is 449 g/mol. The molecule has 1 unspecified atom stereocenters. The molecule has 0 saturated carbocycles. The number of rotatable bonds is 4. The molecule has 31 heavy (non-hydrogen) atoms. The van der Waals surface area contributed by atoms with Gasteiger partial charge in [0.05, 0.1) is 12.3 Å². The first-order chi connectivity index (χ1) is 14.5. The number of aryl methyl sites for hydroxylation is 2. The summed E-state index contributed by atoms with van der Waals surface area (Å²) in [5.74, 6) is -2.06. The Balaban J connectivity index is 0.000000423. The van der Waals surface area contributed by atoms with E-state index in [0.717, 1.165) is 45.6 Å². The van der Waals surface area contributed by atoms with Gasteiger partial charge in [-0.2, -0.15) is 13.2 Å². The van der Waals surface area contributed by atoms with Gasteiger partial charge >= 0.3 is 12.1 Å². The maximum Gasteiger partial charge on any atom is 0.490 e. The second-order valence-corrected chi connectivity index (χ2v) is 7.96. The highest BCUT2D eigenvalue weighted by Gasteiger charge is 2.42. The van der Waals surface area contributed by atoms with Gasteiger partial charge in [0.1, 0.15) is 11.3 Å². The number of nitrogens with zero attached hydrogens (tertiary/aromatic N) is 3. The molecule has 0 radical (unpaired) electrons. The zero-order chi connectivity index (χ0) is 23.2. The predicted molar refractivity (Wildman–Crippen MR) is 105 cm³/mol. The van der Waals surface area contributed by atoms with Gasteiger partial charge in [-0.3, -0.25) is 9.69 Å². The predicted octanol–water partition coefficient (Wildman–Crippen LogP) is 3.03. The number of halogens is 3. The van der Waals surface area contributed by atoms with Gasteiger partial charge in [-0.1, -0.05) is 5.16 Å². The number of hydrogen-bond acceptors (Lipinski definition) is 6. The molecule has 1 aromatic rings. The number of carboxylic acid groups (broad SMARTS) is 1. The number of ether oxygens (including phenoxy) is 1. The summed E-state index contributed by atoms with van der Waals surface area (Å²) in [6.45, 7) is 8.22. The first kappa shape index (κ1) is 25.1. The highest BCUT2D eigenvalue weighted by molar-refractivity contribution is 5.96. The molecule has 1 spiro atoms. The normalized spacial score (nSPS) is 22.2. The van der Waals surface area contributed by atoms with Crippen LogP contribution in [0.5, 0.6) is 0 Å². The van der Waals surface area contributed by atoms with Gasteiger partial charge < -0.3 is 19.3 Å². The Kier molecular flexibility index (Phi) is 8.47. The van der Waals surface area contributed by atoms with Gasteiger partial charge in [0.25, 0.3) is 5.91 Å². The molecule has 1 amide bonds. The molecule has 1 atom stereocenters. The Morgan fingerprint density at radius 2 is 1.77 bits per heavy atom. The van der Waals surface area contributed by atoms with Crippen LogP contribution in [0.1, 0.15) is 53.9 Å².